The summed E-state index contributed by atoms with van der Waals surface area (Å²) in [6.07, 6.45) is 4.69. The number of Topliss-reactive ketones (excluding diaryl/α,β-unsaturated/α-hetero) is 1. The molecule has 8 heteroatoms. The number of amides is 1. The van der Waals surface area contributed by atoms with Gasteiger partial charge in [0.15, 0.2) is 0 Å². The molecular weight excluding hydrogens is 358 g/mol. The average molecular weight is 381 g/mol. The summed E-state index contributed by atoms with van der Waals surface area (Å²) in [5, 5.41) is 11.0. The van der Waals surface area contributed by atoms with Gasteiger partial charge in [-0.25, -0.2) is 9.97 Å². The highest BCUT2D eigenvalue weighted by Gasteiger charge is 2.46. The zero-order valence-corrected chi connectivity index (χ0v) is 16.4. The predicted molar refractivity (Wildman–Crippen MR) is 103 cm³/mol. The second-order valence-electron chi connectivity index (χ2n) is 7.00. The Morgan fingerprint density at radius 2 is 2.00 bits per heavy atom. The fourth-order valence-corrected chi connectivity index (χ4v) is 3.26. The fraction of sp³-hybridized carbons (Fsp3) is 0.350. The number of likely N-dealkylation sites (N-methyl/N-ethyl adjacent to an activating group) is 1. The molecule has 0 spiro atoms. The number of hydrogen-bond acceptors (Lipinski definition) is 7. The van der Waals surface area contributed by atoms with E-state index in [0.717, 1.165) is 0 Å². The van der Waals surface area contributed by atoms with E-state index in [2.05, 4.69) is 15.0 Å². The minimum absolute atomic E-state index is 0.0345. The van der Waals surface area contributed by atoms with Crippen molar-refractivity contribution in [2.45, 2.75) is 19.9 Å². The second kappa shape index (κ2) is 7.85. The lowest BCUT2D eigenvalue weighted by Gasteiger charge is -2.26. The second-order valence-corrected chi connectivity index (χ2v) is 7.00. The Kier molecular flexibility index (Phi) is 5.51. The smallest absolute Gasteiger partial charge is 0.295 e. The standard InChI is InChI=1S/C20H23N5O3/c1-12-15(11-22-13(2)23-12)18(26)16-17(14-6-5-7-21-10-14)25(9-8-24(3)4)20(28)19(16)27/h5-7,10-11,17,26H,8-9H2,1-4H3. The van der Waals surface area contributed by atoms with E-state index in [1.54, 1.807) is 38.4 Å². The van der Waals surface area contributed by atoms with Crippen molar-refractivity contribution in [2.75, 3.05) is 27.2 Å². The van der Waals surface area contributed by atoms with Gasteiger partial charge in [-0.15, -0.1) is 0 Å². The van der Waals surface area contributed by atoms with Crippen molar-refractivity contribution in [1.82, 2.24) is 24.8 Å². The summed E-state index contributed by atoms with van der Waals surface area (Å²) in [7, 11) is 3.78. The molecule has 28 heavy (non-hydrogen) atoms. The van der Waals surface area contributed by atoms with Crippen LogP contribution in [0.5, 0.6) is 0 Å². The molecule has 1 aliphatic heterocycles. The Balaban J connectivity index is 2.16. The van der Waals surface area contributed by atoms with Gasteiger partial charge in [-0.05, 0) is 39.6 Å². The number of carbonyl (C=O) groups is 2. The van der Waals surface area contributed by atoms with Crippen molar-refractivity contribution in [3.8, 4) is 0 Å². The number of aryl methyl sites for hydroxylation is 2. The molecule has 2 aromatic rings. The molecule has 0 aromatic carbocycles. The molecule has 1 amide bonds. The van der Waals surface area contributed by atoms with Gasteiger partial charge >= 0.3 is 0 Å². The highest BCUT2D eigenvalue weighted by molar-refractivity contribution is 6.46. The van der Waals surface area contributed by atoms with Crippen LogP contribution in [-0.4, -0.2) is 68.7 Å². The Labute approximate surface area is 163 Å². The zero-order chi connectivity index (χ0) is 20.4. The third-order valence-electron chi connectivity index (χ3n) is 4.68. The quantitative estimate of drug-likeness (QED) is 0.476. The zero-order valence-electron chi connectivity index (χ0n) is 16.4. The van der Waals surface area contributed by atoms with Gasteiger partial charge in [-0.2, -0.15) is 0 Å². The lowest BCUT2D eigenvalue weighted by atomic mass is 9.96. The van der Waals surface area contributed by atoms with E-state index in [9.17, 15) is 14.7 Å². The average Bonchev–Trinajstić information content (AvgIpc) is 2.91. The van der Waals surface area contributed by atoms with E-state index in [-0.39, 0.29) is 11.3 Å². The molecule has 2 aromatic heterocycles. The number of aromatic nitrogens is 3. The van der Waals surface area contributed by atoms with Crippen molar-refractivity contribution >= 4 is 17.4 Å². The number of hydrogen-bond donors (Lipinski definition) is 1. The number of carbonyl (C=O) groups excluding carboxylic acids is 2. The maximum atomic E-state index is 12.9. The summed E-state index contributed by atoms with van der Waals surface area (Å²) in [6, 6.07) is 2.81. The summed E-state index contributed by atoms with van der Waals surface area (Å²) in [5.41, 5.74) is 1.57. The Morgan fingerprint density at radius 3 is 2.61 bits per heavy atom. The molecule has 1 fully saturated rings. The van der Waals surface area contributed by atoms with E-state index in [4.69, 9.17) is 0 Å². The minimum atomic E-state index is -0.718. The highest BCUT2D eigenvalue weighted by Crippen LogP contribution is 2.39. The first-order chi connectivity index (χ1) is 13.3. The van der Waals surface area contributed by atoms with Crippen LogP contribution in [0.4, 0.5) is 0 Å². The number of aliphatic hydroxyl groups excluding tert-OH is 1. The maximum absolute atomic E-state index is 12.9. The number of likely N-dealkylation sites (tertiary alicyclic amines) is 1. The molecule has 0 bridgehead atoms. The van der Waals surface area contributed by atoms with Gasteiger partial charge in [0.25, 0.3) is 11.7 Å². The van der Waals surface area contributed by atoms with Crippen molar-refractivity contribution in [2.24, 2.45) is 0 Å². The Hall–Kier alpha value is -3.13. The summed E-state index contributed by atoms with van der Waals surface area (Å²) in [6.45, 7) is 4.39. The third kappa shape index (κ3) is 3.63. The van der Waals surface area contributed by atoms with E-state index in [0.29, 0.717) is 35.7 Å². The van der Waals surface area contributed by atoms with Gasteiger partial charge in [-0.1, -0.05) is 6.07 Å². The topological polar surface area (TPSA) is 99.5 Å². The van der Waals surface area contributed by atoms with Gasteiger partial charge in [0.05, 0.1) is 22.9 Å². The first kappa shape index (κ1) is 19.6. The lowest BCUT2D eigenvalue weighted by Crippen LogP contribution is -2.35. The first-order valence-electron chi connectivity index (χ1n) is 8.95. The number of ketones is 1. The molecular formula is C20H23N5O3. The molecule has 0 aliphatic carbocycles. The van der Waals surface area contributed by atoms with E-state index in [1.807, 2.05) is 19.0 Å². The number of rotatable bonds is 5. The van der Waals surface area contributed by atoms with Crippen molar-refractivity contribution in [1.29, 1.82) is 0 Å². The lowest BCUT2D eigenvalue weighted by molar-refractivity contribution is -0.140. The van der Waals surface area contributed by atoms with Crippen LogP contribution in [-0.2, 0) is 9.59 Å². The molecule has 3 heterocycles. The minimum Gasteiger partial charge on any atom is -0.507 e. The molecule has 3 rings (SSSR count). The molecule has 8 nitrogen and oxygen atoms in total. The van der Waals surface area contributed by atoms with Crippen molar-refractivity contribution in [3.05, 3.63) is 58.9 Å². The summed E-state index contributed by atoms with van der Waals surface area (Å²) < 4.78 is 0. The van der Waals surface area contributed by atoms with Crippen molar-refractivity contribution in [3.63, 3.8) is 0 Å². The van der Waals surface area contributed by atoms with Gasteiger partial charge < -0.3 is 14.9 Å². The van der Waals surface area contributed by atoms with Crippen molar-refractivity contribution < 1.29 is 14.7 Å². The number of aliphatic hydroxyl groups is 1. The molecule has 146 valence electrons. The van der Waals surface area contributed by atoms with Crippen LogP contribution >= 0.6 is 0 Å². The molecule has 1 atom stereocenters. The molecule has 1 saturated heterocycles. The van der Waals surface area contributed by atoms with Crippen LogP contribution in [0.2, 0.25) is 0 Å². The highest BCUT2D eigenvalue weighted by atomic mass is 16.3. The van der Waals surface area contributed by atoms with Crippen LogP contribution in [0.25, 0.3) is 5.76 Å². The largest absolute Gasteiger partial charge is 0.507 e. The van der Waals surface area contributed by atoms with Crippen LogP contribution < -0.4 is 0 Å². The van der Waals surface area contributed by atoms with Crippen LogP contribution in [0.15, 0.2) is 36.3 Å². The predicted octanol–water partition coefficient (Wildman–Crippen LogP) is 1.47. The van der Waals surface area contributed by atoms with Gasteiger partial charge in [-0.3, -0.25) is 14.6 Å². The fourth-order valence-electron chi connectivity index (χ4n) is 3.26. The monoisotopic (exact) mass is 381 g/mol. The summed E-state index contributed by atoms with van der Waals surface area (Å²) >= 11 is 0. The normalized spacial score (nSPS) is 18.9. The Bertz CT molecular complexity index is 940. The van der Waals surface area contributed by atoms with Crippen LogP contribution in [0.1, 0.15) is 28.7 Å². The molecule has 1 N–H and O–H groups in total. The van der Waals surface area contributed by atoms with Crippen LogP contribution in [0, 0.1) is 13.8 Å². The SMILES string of the molecule is Cc1ncc(C(O)=C2C(=O)C(=O)N(CCN(C)C)C2c2cccnc2)c(C)n1. The van der Waals surface area contributed by atoms with E-state index in [1.165, 1.54) is 11.1 Å². The number of pyridine rings is 1. The molecule has 1 aliphatic rings. The molecule has 1 unspecified atom stereocenters. The maximum Gasteiger partial charge on any atom is 0.295 e. The third-order valence-corrected chi connectivity index (χ3v) is 4.68. The first-order valence-corrected chi connectivity index (χ1v) is 8.95. The molecule has 0 saturated carbocycles. The van der Waals surface area contributed by atoms with Gasteiger partial charge in [0.1, 0.15) is 11.6 Å². The summed E-state index contributed by atoms with van der Waals surface area (Å²) in [4.78, 5) is 41.5. The summed E-state index contributed by atoms with van der Waals surface area (Å²) in [5.74, 6) is -1.06. The van der Waals surface area contributed by atoms with E-state index >= 15 is 0 Å². The van der Waals surface area contributed by atoms with Gasteiger partial charge in [0.2, 0.25) is 0 Å². The Morgan fingerprint density at radius 1 is 1.25 bits per heavy atom. The van der Waals surface area contributed by atoms with Crippen LogP contribution in [0.3, 0.4) is 0 Å². The number of nitrogens with zero attached hydrogens (tertiary/aromatic N) is 5. The van der Waals surface area contributed by atoms with E-state index < -0.39 is 17.7 Å². The molecule has 0 radical (unpaired) electrons. The van der Waals surface area contributed by atoms with Gasteiger partial charge in [0, 0.05) is 31.7 Å².